The van der Waals surface area contributed by atoms with Gasteiger partial charge in [0.2, 0.25) is 0 Å². The first kappa shape index (κ1) is 22.5. The first-order chi connectivity index (χ1) is 18.1. The first-order valence-corrected chi connectivity index (χ1v) is 14.4. The lowest BCUT2D eigenvalue weighted by molar-refractivity contribution is 0.375. The summed E-state index contributed by atoms with van der Waals surface area (Å²) in [6.45, 7) is 0. The van der Waals surface area contributed by atoms with E-state index in [1.807, 2.05) is 72.8 Å². The molecule has 5 nitrogen and oxygen atoms in total. The van der Waals surface area contributed by atoms with Crippen molar-refractivity contribution in [3.8, 4) is 17.2 Å². The van der Waals surface area contributed by atoms with Gasteiger partial charge in [0.15, 0.2) is 11.5 Å². The quantitative estimate of drug-likeness (QED) is 0.245. The molecule has 3 heterocycles. The van der Waals surface area contributed by atoms with Gasteiger partial charge in [-0.3, -0.25) is 0 Å². The number of rotatable bonds is 3. The molecule has 1 aromatic heterocycles. The predicted octanol–water partition coefficient (Wildman–Crippen LogP) is 6.71. The normalized spacial score (nSPS) is 21.4. The van der Waals surface area contributed by atoms with Gasteiger partial charge in [-0.2, -0.15) is 8.42 Å². The van der Waals surface area contributed by atoms with Crippen molar-refractivity contribution in [1.29, 1.82) is 0 Å². The van der Waals surface area contributed by atoms with Crippen molar-refractivity contribution in [3.05, 3.63) is 120 Å². The monoisotopic (exact) mass is 525 g/mol. The molecule has 0 N–H and O–H groups in total. The molecule has 0 radical (unpaired) electrons. The second-order valence-corrected chi connectivity index (χ2v) is 12.1. The number of aromatic nitrogens is 1. The molecule has 0 saturated carbocycles. The number of thioether (sulfide) groups is 1. The maximum absolute atomic E-state index is 14.0. The molecule has 0 bridgehead atoms. The number of nitrogens with zero attached hydrogens (tertiary/aromatic N) is 1. The second-order valence-electron chi connectivity index (χ2n) is 9.25. The molecule has 0 unspecified atom stereocenters. The van der Waals surface area contributed by atoms with Gasteiger partial charge in [0.1, 0.15) is 5.25 Å². The Morgan fingerprint density at radius 2 is 1.54 bits per heavy atom. The Hall–Kier alpha value is -3.68. The number of hydrogen-bond acceptors (Lipinski definition) is 5. The van der Waals surface area contributed by atoms with Gasteiger partial charge in [0.25, 0.3) is 0 Å². The van der Waals surface area contributed by atoms with E-state index in [-0.39, 0.29) is 11.0 Å². The average molecular weight is 526 g/mol. The molecule has 0 spiro atoms. The Morgan fingerprint density at radius 3 is 2.30 bits per heavy atom. The van der Waals surface area contributed by atoms with Gasteiger partial charge in [-0.1, -0.05) is 90.6 Å². The van der Waals surface area contributed by atoms with E-state index in [1.165, 1.54) is 7.11 Å². The molecule has 0 aliphatic carbocycles. The zero-order valence-electron chi connectivity index (χ0n) is 19.9. The molecular weight excluding hydrogens is 502 g/mol. The Labute approximate surface area is 219 Å². The molecule has 4 aromatic carbocycles. The number of ether oxygens (including phenoxy) is 1. The summed E-state index contributed by atoms with van der Waals surface area (Å²) < 4.78 is 41.5. The summed E-state index contributed by atoms with van der Waals surface area (Å²) in [7, 11) is -2.47. The van der Waals surface area contributed by atoms with Crippen molar-refractivity contribution >= 4 is 32.8 Å². The Balaban J connectivity index is 1.61. The summed E-state index contributed by atoms with van der Waals surface area (Å²) in [6, 6.07) is 34.0. The lowest BCUT2D eigenvalue weighted by Gasteiger charge is -2.41. The van der Waals surface area contributed by atoms with Crippen molar-refractivity contribution in [1.82, 2.24) is 4.57 Å². The van der Waals surface area contributed by atoms with Crippen molar-refractivity contribution in [2.24, 2.45) is 0 Å². The van der Waals surface area contributed by atoms with Crippen molar-refractivity contribution in [2.75, 3.05) is 7.11 Å². The fourth-order valence-corrected chi connectivity index (χ4v) is 9.44. The minimum Gasteiger partial charge on any atom is -0.493 e. The van der Waals surface area contributed by atoms with Gasteiger partial charge in [-0.15, -0.1) is 0 Å². The second kappa shape index (κ2) is 8.43. The summed E-state index contributed by atoms with van der Waals surface area (Å²) in [5, 5.41) is 0.923. The lowest BCUT2D eigenvalue weighted by atomic mass is 9.84. The van der Waals surface area contributed by atoms with Crippen LogP contribution in [0.3, 0.4) is 0 Å². The highest BCUT2D eigenvalue weighted by atomic mass is 32.2. The Kier molecular flexibility index (Phi) is 5.13. The number of fused-ring (bicyclic) bond motifs is 7. The molecule has 0 amide bonds. The minimum atomic E-state index is -4.00. The molecule has 2 aliphatic heterocycles. The van der Waals surface area contributed by atoms with Gasteiger partial charge < -0.3 is 13.5 Å². The van der Waals surface area contributed by atoms with E-state index in [0.717, 1.165) is 38.3 Å². The van der Waals surface area contributed by atoms with Gasteiger partial charge in [-0.25, -0.2) is 0 Å². The summed E-state index contributed by atoms with van der Waals surface area (Å²) in [5.74, 6) is 0.273. The zero-order valence-corrected chi connectivity index (χ0v) is 21.6. The highest BCUT2D eigenvalue weighted by Crippen LogP contribution is 2.61. The summed E-state index contributed by atoms with van der Waals surface area (Å²) >= 11 is 1.60. The van der Waals surface area contributed by atoms with Crippen LogP contribution in [0, 0.1) is 0 Å². The highest BCUT2D eigenvalue weighted by molar-refractivity contribution is 8.00. The fourth-order valence-electron chi connectivity index (χ4n) is 5.77. The van der Waals surface area contributed by atoms with Crippen LogP contribution in [0.1, 0.15) is 27.9 Å². The smallest absolute Gasteiger partial charge is 0.314 e. The molecule has 5 aromatic rings. The van der Waals surface area contributed by atoms with E-state index < -0.39 is 21.3 Å². The third-order valence-electron chi connectivity index (χ3n) is 7.28. The molecule has 0 saturated heterocycles. The van der Waals surface area contributed by atoms with E-state index in [4.69, 9.17) is 8.92 Å². The van der Waals surface area contributed by atoms with E-state index in [9.17, 15) is 8.42 Å². The largest absolute Gasteiger partial charge is 0.493 e. The maximum atomic E-state index is 14.0. The molecular formula is C30H23NO4S2. The molecule has 184 valence electrons. The van der Waals surface area contributed by atoms with Crippen LogP contribution < -0.4 is 8.92 Å². The van der Waals surface area contributed by atoms with Crippen molar-refractivity contribution < 1.29 is 17.3 Å². The lowest BCUT2D eigenvalue weighted by Crippen LogP contribution is -2.42. The van der Waals surface area contributed by atoms with E-state index >= 15 is 0 Å². The minimum absolute atomic E-state index is 0.285. The molecule has 0 fully saturated rings. The third-order valence-corrected chi connectivity index (χ3v) is 10.5. The standard InChI is InChI=1S/C30H23NO4S2/c1-34-24-18-10-16-22-25-26-21-15-8-9-17-23(21)31(20-13-6-3-7-14-20)30(26)36-28(19-11-4-2-5-12-19)29(25)37(32,33)35-27(22)24/h2-18,25,28-29H,1H3/t25-,28+,29-/m0/s1. The fraction of sp³-hybridized carbons (Fsp3) is 0.133. The van der Waals surface area contributed by atoms with Crippen LogP contribution in [-0.4, -0.2) is 25.3 Å². The van der Waals surface area contributed by atoms with E-state index in [1.54, 1.807) is 17.8 Å². The number of para-hydroxylation sites is 3. The van der Waals surface area contributed by atoms with Crippen LogP contribution in [0.2, 0.25) is 0 Å². The molecule has 7 rings (SSSR count). The number of benzene rings is 4. The van der Waals surface area contributed by atoms with Crippen LogP contribution in [0.4, 0.5) is 0 Å². The van der Waals surface area contributed by atoms with Gasteiger partial charge in [-0.05, 0) is 29.8 Å². The average Bonchev–Trinajstić information content (AvgIpc) is 3.27. The molecule has 3 atom stereocenters. The van der Waals surface area contributed by atoms with Gasteiger partial charge in [0, 0.05) is 28.1 Å². The summed E-state index contributed by atoms with van der Waals surface area (Å²) in [5.41, 5.74) is 4.89. The van der Waals surface area contributed by atoms with Crippen LogP contribution in [0.5, 0.6) is 11.5 Å². The number of methoxy groups -OCH3 is 1. The Bertz CT molecular complexity index is 1750. The third kappa shape index (κ3) is 3.34. The summed E-state index contributed by atoms with van der Waals surface area (Å²) in [6.07, 6.45) is 0. The van der Waals surface area contributed by atoms with Crippen molar-refractivity contribution in [3.63, 3.8) is 0 Å². The van der Waals surface area contributed by atoms with Crippen molar-refractivity contribution in [2.45, 2.75) is 21.4 Å². The Morgan fingerprint density at radius 1 is 0.838 bits per heavy atom. The predicted molar refractivity (Wildman–Crippen MR) is 146 cm³/mol. The van der Waals surface area contributed by atoms with Gasteiger partial charge in [0.05, 0.1) is 22.9 Å². The maximum Gasteiger partial charge on any atom is 0.314 e. The molecule has 2 aliphatic rings. The van der Waals surface area contributed by atoms with Crippen LogP contribution in [0.25, 0.3) is 16.6 Å². The van der Waals surface area contributed by atoms with Crippen LogP contribution in [-0.2, 0) is 10.1 Å². The van der Waals surface area contributed by atoms with Crippen LogP contribution in [0.15, 0.2) is 108 Å². The first-order valence-electron chi connectivity index (χ1n) is 12.1. The highest BCUT2D eigenvalue weighted by Gasteiger charge is 2.54. The summed E-state index contributed by atoms with van der Waals surface area (Å²) in [4.78, 5) is 0. The molecule has 37 heavy (non-hydrogen) atoms. The topological polar surface area (TPSA) is 57.5 Å². The van der Waals surface area contributed by atoms with E-state index in [0.29, 0.717) is 5.75 Å². The van der Waals surface area contributed by atoms with E-state index in [2.05, 4.69) is 28.8 Å². The number of hydrogen-bond donors (Lipinski definition) is 0. The zero-order chi connectivity index (χ0) is 25.1. The van der Waals surface area contributed by atoms with Crippen LogP contribution >= 0.6 is 11.8 Å². The molecule has 7 heteroatoms. The SMILES string of the molecule is COc1cccc2c1OS(=O)(=O)[C@H]1[C@@H]2c2c(n(-c3ccccc3)c3ccccc23)S[C@@H]1c1ccccc1. The van der Waals surface area contributed by atoms with Gasteiger partial charge >= 0.3 is 10.1 Å².